The molecule has 0 aromatic heterocycles. The standard InChI is InChI=1S/C23H18FNO4/c24-19-13-11-16(12-14-19)20(15-25(28)29)21(22(26)17-7-3-1-4-8-17)23(27)18-9-5-2-6-10-18/h1-14,20-21H,15H2. The lowest BCUT2D eigenvalue weighted by molar-refractivity contribution is -0.484. The van der Waals surface area contributed by atoms with Crippen LogP contribution in [0.3, 0.4) is 0 Å². The fourth-order valence-electron chi connectivity index (χ4n) is 3.32. The summed E-state index contributed by atoms with van der Waals surface area (Å²) in [6, 6.07) is 21.5. The molecule has 1 unspecified atom stereocenters. The second-order valence-corrected chi connectivity index (χ2v) is 6.61. The van der Waals surface area contributed by atoms with Gasteiger partial charge in [-0.1, -0.05) is 72.8 Å². The van der Waals surface area contributed by atoms with Crippen molar-refractivity contribution in [3.63, 3.8) is 0 Å². The molecule has 5 nitrogen and oxygen atoms in total. The van der Waals surface area contributed by atoms with Crippen molar-refractivity contribution < 1.29 is 18.9 Å². The van der Waals surface area contributed by atoms with Gasteiger partial charge in [0.25, 0.3) is 0 Å². The highest BCUT2D eigenvalue weighted by Gasteiger charge is 2.39. The monoisotopic (exact) mass is 391 g/mol. The van der Waals surface area contributed by atoms with Gasteiger partial charge in [-0.2, -0.15) is 0 Å². The minimum atomic E-state index is -1.31. The Morgan fingerprint density at radius 3 is 1.66 bits per heavy atom. The van der Waals surface area contributed by atoms with Gasteiger partial charge in [0, 0.05) is 16.1 Å². The van der Waals surface area contributed by atoms with Crippen LogP contribution in [0.25, 0.3) is 0 Å². The third-order valence-corrected chi connectivity index (χ3v) is 4.73. The molecule has 0 N–H and O–H groups in total. The minimum Gasteiger partial charge on any atom is -0.293 e. The van der Waals surface area contributed by atoms with Crippen LogP contribution in [0.2, 0.25) is 0 Å². The van der Waals surface area contributed by atoms with Gasteiger partial charge in [-0.3, -0.25) is 19.7 Å². The summed E-state index contributed by atoms with van der Waals surface area (Å²) in [6.07, 6.45) is 0. The molecule has 0 bridgehead atoms. The van der Waals surface area contributed by atoms with Crippen LogP contribution in [0.4, 0.5) is 4.39 Å². The number of carbonyl (C=O) groups is 2. The maximum Gasteiger partial charge on any atom is 0.211 e. The summed E-state index contributed by atoms with van der Waals surface area (Å²) < 4.78 is 13.4. The smallest absolute Gasteiger partial charge is 0.211 e. The van der Waals surface area contributed by atoms with Gasteiger partial charge in [0.1, 0.15) is 5.82 Å². The van der Waals surface area contributed by atoms with E-state index in [0.717, 1.165) is 0 Å². The zero-order chi connectivity index (χ0) is 20.8. The Bertz CT molecular complexity index is 953. The third kappa shape index (κ3) is 4.79. The molecule has 0 fully saturated rings. The predicted molar refractivity (Wildman–Crippen MR) is 106 cm³/mol. The molecule has 0 heterocycles. The van der Waals surface area contributed by atoms with Crippen molar-refractivity contribution in [3.8, 4) is 0 Å². The summed E-state index contributed by atoms with van der Waals surface area (Å²) >= 11 is 0. The molecule has 0 aliphatic rings. The highest BCUT2D eigenvalue weighted by atomic mass is 19.1. The average molecular weight is 391 g/mol. The van der Waals surface area contributed by atoms with Crippen LogP contribution in [-0.4, -0.2) is 23.0 Å². The Hall–Kier alpha value is -3.67. The Morgan fingerprint density at radius 1 is 0.793 bits per heavy atom. The first-order chi connectivity index (χ1) is 14.0. The number of carbonyl (C=O) groups excluding carboxylic acids is 2. The molecule has 0 saturated heterocycles. The molecule has 0 spiro atoms. The van der Waals surface area contributed by atoms with E-state index in [9.17, 15) is 24.1 Å². The molecule has 3 rings (SSSR count). The molecule has 1 atom stereocenters. The number of halogens is 1. The summed E-state index contributed by atoms with van der Waals surface area (Å²) in [6.45, 7) is -0.632. The lowest BCUT2D eigenvalue weighted by Gasteiger charge is -2.23. The van der Waals surface area contributed by atoms with Crippen molar-refractivity contribution in [1.29, 1.82) is 0 Å². The zero-order valence-electron chi connectivity index (χ0n) is 15.4. The number of benzene rings is 3. The number of ketones is 2. The Labute approximate surface area is 167 Å². The lowest BCUT2D eigenvalue weighted by atomic mass is 9.77. The quantitative estimate of drug-likeness (QED) is 0.244. The molecule has 3 aromatic carbocycles. The molecule has 3 aromatic rings. The van der Waals surface area contributed by atoms with Crippen molar-refractivity contribution in [2.45, 2.75) is 5.92 Å². The van der Waals surface area contributed by atoms with Gasteiger partial charge in [-0.15, -0.1) is 0 Å². The van der Waals surface area contributed by atoms with E-state index in [1.807, 2.05) is 0 Å². The fraction of sp³-hybridized carbons (Fsp3) is 0.130. The highest BCUT2D eigenvalue weighted by molar-refractivity contribution is 6.16. The highest BCUT2D eigenvalue weighted by Crippen LogP contribution is 2.31. The molecule has 0 amide bonds. The number of nitrogens with zero attached hydrogens (tertiary/aromatic N) is 1. The number of hydrogen-bond acceptors (Lipinski definition) is 4. The Kier molecular flexibility index (Phi) is 6.24. The summed E-state index contributed by atoms with van der Waals surface area (Å²) in [5.74, 6) is -3.86. The maximum absolute atomic E-state index is 13.4. The molecule has 0 aliphatic carbocycles. The number of hydrogen-bond donors (Lipinski definition) is 0. The second-order valence-electron chi connectivity index (χ2n) is 6.61. The first kappa shape index (κ1) is 20.1. The Morgan fingerprint density at radius 2 is 1.24 bits per heavy atom. The van der Waals surface area contributed by atoms with Crippen molar-refractivity contribution in [2.75, 3.05) is 6.54 Å². The maximum atomic E-state index is 13.4. The van der Waals surface area contributed by atoms with Gasteiger partial charge in [-0.05, 0) is 17.7 Å². The molecule has 0 saturated carbocycles. The average Bonchev–Trinajstić information content (AvgIpc) is 2.74. The van der Waals surface area contributed by atoms with Crippen LogP contribution in [0, 0.1) is 21.8 Å². The van der Waals surface area contributed by atoms with Crippen LogP contribution < -0.4 is 0 Å². The molecule has 6 heteroatoms. The van der Waals surface area contributed by atoms with Gasteiger partial charge >= 0.3 is 0 Å². The van der Waals surface area contributed by atoms with Gasteiger partial charge in [0.15, 0.2) is 11.6 Å². The van der Waals surface area contributed by atoms with Crippen LogP contribution >= 0.6 is 0 Å². The number of nitro groups is 1. The molecule has 0 aliphatic heterocycles. The number of Topliss-reactive ketones (excluding diaryl/α,β-unsaturated/α-hetero) is 2. The summed E-state index contributed by atoms with van der Waals surface area (Å²) in [5.41, 5.74) is 0.941. The summed E-state index contributed by atoms with van der Waals surface area (Å²) in [5, 5.41) is 11.4. The second kappa shape index (κ2) is 9.01. The Balaban J connectivity index is 2.12. The van der Waals surface area contributed by atoms with E-state index in [-0.39, 0.29) is 11.1 Å². The SMILES string of the molecule is O=C(c1ccccc1)C(C(=O)c1ccccc1)C(C[N+](=O)[O-])c1ccc(F)cc1. The van der Waals surface area contributed by atoms with Crippen LogP contribution in [0.5, 0.6) is 0 Å². The van der Waals surface area contributed by atoms with Gasteiger partial charge < -0.3 is 0 Å². The molecular weight excluding hydrogens is 373 g/mol. The third-order valence-electron chi connectivity index (χ3n) is 4.73. The van der Waals surface area contributed by atoms with E-state index >= 15 is 0 Å². The van der Waals surface area contributed by atoms with Crippen molar-refractivity contribution >= 4 is 11.6 Å². The van der Waals surface area contributed by atoms with E-state index in [4.69, 9.17) is 0 Å². The molecule has 29 heavy (non-hydrogen) atoms. The van der Waals surface area contributed by atoms with Crippen molar-refractivity contribution in [3.05, 3.63) is 118 Å². The van der Waals surface area contributed by atoms with E-state index in [0.29, 0.717) is 5.56 Å². The molecular formula is C23H18FNO4. The number of rotatable bonds is 8. The topological polar surface area (TPSA) is 77.3 Å². The normalized spacial score (nSPS) is 11.8. The predicted octanol–water partition coefficient (Wildman–Crippen LogP) is 4.57. The van der Waals surface area contributed by atoms with Crippen LogP contribution in [-0.2, 0) is 0 Å². The molecule has 146 valence electrons. The summed E-state index contributed by atoms with van der Waals surface area (Å²) in [7, 11) is 0. The first-order valence-corrected chi connectivity index (χ1v) is 9.03. The van der Waals surface area contributed by atoms with Gasteiger partial charge in [0.05, 0.1) is 11.8 Å². The summed E-state index contributed by atoms with van der Waals surface area (Å²) in [4.78, 5) is 37.4. The van der Waals surface area contributed by atoms with E-state index < -0.39 is 40.7 Å². The van der Waals surface area contributed by atoms with E-state index in [1.165, 1.54) is 24.3 Å². The largest absolute Gasteiger partial charge is 0.293 e. The van der Waals surface area contributed by atoms with E-state index in [1.54, 1.807) is 60.7 Å². The van der Waals surface area contributed by atoms with Gasteiger partial charge in [-0.25, -0.2) is 4.39 Å². The van der Waals surface area contributed by atoms with Crippen LogP contribution in [0.1, 0.15) is 32.2 Å². The lowest BCUT2D eigenvalue weighted by Crippen LogP contribution is -2.34. The zero-order valence-corrected chi connectivity index (χ0v) is 15.4. The van der Waals surface area contributed by atoms with Crippen LogP contribution in [0.15, 0.2) is 84.9 Å². The van der Waals surface area contributed by atoms with Crippen molar-refractivity contribution in [2.24, 2.45) is 5.92 Å². The molecule has 0 radical (unpaired) electrons. The van der Waals surface area contributed by atoms with Gasteiger partial charge in [0.2, 0.25) is 6.54 Å². The minimum absolute atomic E-state index is 0.289. The van der Waals surface area contributed by atoms with Crippen molar-refractivity contribution in [1.82, 2.24) is 0 Å². The van der Waals surface area contributed by atoms with E-state index in [2.05, 4.69) is 0 Å². The fourth-order valence-corrected chi connectivity index (χ4v) is 3.32. The first-order valence-electron chi connectivity index (χ1n) is 9.03.